The highest BCUT2D eigenvalue weighted by Gasteiger charge is 2.25. The summed E-state index contributed by atoms with van der Waals surface area (Å²) < 4.78 is 5.39. The topological polar surface area (TPSA) is 71.3 Å². The van der Waals surface area contributed by atoms with Gasteiger partial charge in [-0.15, -0.1) is 11.3 Å². The second-order valence-corrected chi connectivity index (χ2v) is 9.93. The van der Waals surface area contributed by atoms with Gasteiger partial charge in [0.2, 0.25) is 17.6 Å². The molecule has 1 aliphatic rings. The first-order valence-electron chi connectivity index (χ1n) is 10.4. The van der Waals surface area contributed by atoms with Crippen molar-refractivity contribution in [3.8, 4) is 10.7 Å². The monoisotopic (exact) mass is 476 g/mol. The van der Waals surface area contributed by atoms with E-state index >= 15 is 0 Å². The van der Waals surface area contributed by atoms with Gasteiger partial charge in [-0.2, -0.15) is 16.7 Å². The predicted octanol–water partition coefficient (Wildman–Crippen LogP) is 4.71. The summed E-state index contributed by atoms with van der Waals surface area (Å²) >= 11 is 9.56. The number of hydrogen-bond acceptors (Lipinski definition) is 7. The molecule has 1 amide bonds. The standard InChI is InChI=1S/C22H25ClN4O2S2/c23-18-5-2-1-4-17(18)15-30-13-9-24-22(28)16-7-10-27(11-8-16)14-20-25-21(26-29-20)19-6-3-12-31-19/h1-6,12,16H,7-11,13-15H2,(H,24,28). The number of rotatable bonds is 9. The molecule has 1 aromatic carbocycles. The molecule has 164 valence electrons. The average Bonchev–Trinajstić information content (AvgIpc) is 3.47. The first-order chi connectivity index (χ1) is 15.2. The summed E-state index contributed by atoms with van der Waals surface area (Å²) in [5, 5.41) is 9.95. The van der Waals surface area contributed by atoms with Gasteiger partial charge in [-0.25, -0.2) is 0 Å². The van der Waals surface area contributed by atoms with E-state index in [9.17, 15) is 4.79 Å². The van der Waals surface area contributed by atoms with Gasteiger partial charge in [0.05, 0.1) is 11.4 Å². The molecule has 0 aliphatic carbocycles. The fraction of sp³-hybridized carbons (Fsp3) is 0.409. The van der Waals surface area contributed by atoms with Crippen molar-refractivity contribution < 1.29 is 9.32 Å². The highest BCUT2D eigenvalue weighted by atomic mass is 35.5. The van der Waals surface area contributed by atoms with Gasteiger partial charge >= 0.3 is 0 Å². The first kappa shape index (κ1) is 22.3. The zero-order valence-electron chi connectivity index (χ0n) is 17.1. The third kappa shape index (κ3) is 6.32. The maximum absolute atomic E-state index is 12.5. The van der Waals surface area contributed by atoms with Gasteiger partial charge in [0.1, 0.15) is 0 Å². The lowest BCUT2D eigenvalue weighted by molar-refractivity contribution is -0.126. The molecule has 1 fully saturated rings. The number of aromatic nitrogens is 2. The molecule has 3 heterocycles. The summed E-state index contributed by atoms with van der Waals surface area (Å²) in [7, 11) is 0. The van der Waals surface area contributed by atoms with E-state index in [1.807, 2.05) is 41.8 Å². The van der Waals surface area contributed by atoms with Crippen LogP contribution in [0.25, 0.3) is 10.7 Å². The Balaban J connectivity index is 1.13. The number of nitrogens with one attached hydrogen (secondary N) is 1. The van der Waals surface area contributed by atoms with E-state index in [4.69, 9.17) is 16.1 Å². The molecule has 4 rings (SSSR count). The highest BCUT2D eigenvalue weighted by molar-refractivity contribution is 7.98. The Kier molecular flexibility index (Phi) is 8.02. The van der Waals surface area contributed by atoms with Crippen LogP contribution in [0.4, 0.5) is 0 Å². The maximum Gasteiger partial charge on any atom is 0.241 e. The fourth-order valence-corrected chi connectivity index (χ4v) is 5.35. The molecule has 0 bridgehead atoms. The van der Waals surface area contributed by atoms with Crippen LogP contribution in [-0.4, -0.2) is 46.3 Å². The molecule has 2 aromatic heterocycles. The smallest absolute Gasteiger partial charge is 0.241 e. The van der Waals surface area contributed by atoms with Crippen LogP contribution in [0.5, 0.6) is 0 Å². The lowest BCUT2D eigenvalue weighted by Crippen LogP contribution is -2.40. The molecule has 0 saturated carbocycles. The summed E-state index contributed by atoms with van der Waals surface area (Å²) in [6, 6.07) is 11.8. The van der Waals surface area contributed by atoms with Crippen LogP contribution in [0.2, 0.25) is 5.02 Å². The van der Waals surface area contributed by atoms with Gasteiger partial charge < -0.3 is 9.84 Å². The van der Waals surface area contributed by atoms with Crippen LogP contribution in [0.15, 0.2) is 46.3 Å². The van der Waals surface area contributed by atoms with E-state index in [0.29, 0.717) is 24.8 Å². The van der Waals surface area contributed by atoms with E-state index in [-0.39, 0.29) is 11.8 Å². The van der Waals surface area contributed by atoms with Crippen LogP contribution < -0.4 is 5.32 Å². The van der Waals surface area contributed by atoms with E-state index in [1.54, 1.807) is 23.1 Å². The lowest BCUT2D eigenvalue weighted by atomic mass is 9.96. The molecule has 6 nitrogen and oxygen atoms in total. The molecule has 9 heteroatoms. The van der Waals surface area contributed by atoms with E-state index in [0.717, 1.165) is 52.9 Å². The van der Waals surface area contributed by atoms with Crippen molar-refractivity contribution in [2.45, 2.75) is 25.1 Å². The maximum atomic E-state index is 12.5. The van der Waals surface area contributed by atoms with E-state index < -0.39 is 0 Å². The van der Waals surface area contributed by atoms with Gasteiger partial charge in [-0.3, -0.25) is 9.69 Å². The van der Waals surface area contributed by atoms with Crippen LogP contribution in [-0.2, 0) is 17.1 Å². The second-order valence-electron chi connectivity index (χ2n) is 7.47. The number of nitrogens with zero attached hydrogens (tertiary/aromatic N) is 3. The highest BCUT2D eigenvalue weighted by Crippen LogP contribution is 2.23. The number of thiophene rings is 1. The number of piperidine rings is 1. The molecule has 1 N–H and O–H groups in total. The van der Waals surface area contributed by atoms with E-state index in [2.05, 4.69) is 20.4 Å². The second kappa shape index (κ2) is 11.1. The lowest BCUT2D eigenvalue weighted by Gasteiger charge is -2.30. The zero-order valence-corrected chi connectivity index (χ0v) is 19.5. The van der Waals surface area contributed by atoms with Crippen LogP contribution in [0.1, 0.15) is 24.3 Å². The Morgan fingerprint density at radius 2 is 2.10 bits per heavy atom. The first-order valence-corrected chi connectivity index (χ1v) is 12.8. The SMILES string of the molecule is O=C(NCCSCc1ccccc1Cl)C1CCN(Cc2nc(-c3cccs3)no2)CC1. The number of thioether (sulfide) groups is 1. The molecular weight excluding hydrogens is 452 g/mol. The summed E-state index contributed by atoms with van der Waals surface area (Å²) in [5.41, 5.74) is 1.14. The Morgan fingerprint density at radius 1 is 1.26 bits per heavy atom. The number of carbonyl (C=O) groups is 1. The Bertz CT molecular complexity index is 972. The molecular formula is C22H25ClN4O2S2. The van der Waals surface area contributed by atoms with Crippen molar-refractivity contribution in [3.63, 3.8) is 0 Å². The normalized spacial score (nSPS) is 15.3. The summed E-state index contributed by atoms with van der Waals surface area (Å²) in [5.74, 6) is 3.25. The van der Waals surface area contributed by atoms with E-state index in [1.165, 1.54) is 0 Å². The Hall–Kier alpha value is -1.87. The number of carbonyl (C=O) groups excluding carboxylic acids is 1. The molecule has 0 spiro atoms. The predicted molar refractivity (Wildman–Crippen MR) is 126 cm³/mol. The average molecular weight is 477 g/mol. The van der Waals surface area contributed by atoms with Gasteiger partial charge in [0, 0.05) is 29.0 Å². The van der Waals surface area contributed by atoms with Crippen LogP contribution >= 0.6 is 34.7 Å². The van der Waals surface area contributed by atoms with Crippen molar-refractivity contribution in [2.24, 2.45) is 5.92 Å². The Labute approximate surface area is 195 Å². The number of likely N-dealkylation sites (tertiary alicyclic amines) is 1. The van der Waals surface area contributed by atoms with Crippen molar-refractivity contribution in [2.75, 3.05) is 25.4 Å². The van der Waals surface area contributed by atoms with Crippen molar-refractivity contribution in [3.05, 3.63) is 58.3 Å². The molecule has 1 aliphatic heterocycles. The summed E-state index contributed by atoms with van der Waals surface area (Å²) in [6.45, 7) is 3.03. The molecule has 3 aromatic rings. The third-order valence-corrected chi connectivity index (χ3v) is 7.53. The third-order valence-electron chi connectivity index (χ3n) is 5.29. The van der Waals surface area contributed by atoms with Gasteiger partial charge in [-0.05, 0) is 49.0 Å². The van der Waals surface area contributed by atoms with Gasteiger partial charge in [-0.1, -0.05) is 41.0 Å². The van der Waals surface area contributed by atoms with Crippen molar-refractivity contribution >= 4 is 40.6 Å². The molecule has 0 atom stereocenters. The minimum absolute atomic E-state index is 0.0779. The molecule has 0 unspecified atom stereocenters. The van der Waals surface area contributed by atoms with Crippen molar-refractivity contribution in [1.29, 1.82) is 0 Å². The quantitative estimate of drug-likeness (QED) is 0.451. The minimum atomic E-state index is 0.0779. The van der Waals surface area contributed by atoms with Gasteiger partial charge in [0.25, 0.3) is 0 Å². The fourth-order valence-electron chi connectivity index (χ4n) is 3.56. The summed E-state index contributed by atoms with van der Waals surface area (Å²) in [4.78, 5) is 20.3. The van der Waals surface area contributed by atoms with Crippen LogP contribution in [0, 0.1) is 5.92 Å². The number of halogens is 1. The minimum Gasteiger partial charge on any atom is -0.355 e. The van der Waals surface area contributed by atoms with Gasteiger partial charge in [0.15, 0.2) is 0 Å². The zero-order chi connectivity index (χ0) is 21.5. The molecule has 31 heavy (non-hydrogen) atoms. The number of amides is 1. The number of benzene rings is 1. The van der Waals surface area contributed by atoms with Crippen LogP contribution in [0.3, 0.4) is 0 Å². The summed E-state index contributed by atoms with van der Waals surface area (Å²) in [6.07, 6.45) is 1.70. The van der Waals surface area contributed by atoms with Crippen molar-refractivity contribution in [1.82, 2.24) is 20.4 Å². The largest absolute Gasteiger partial charge is 0.355 e. The number of hydrogen-bond donors (Lipinski definition) is 1. The molecule has 1 saturated heterocycles. The molecule has 0 radical (unpaired) electrons. The Morgan fingerprint density at radius 3 is 2.87 bits per heavy atom.